The molecule has 4 fully saturated rings. The number of hydrogen-bond donors (Lipinski definition) is 0. The van der Waals surface area contributed by atoms with Crippen LogP contribution in [0.15, 0.2) is 28.1 Å². The zero-order valence-electron chi connectivity index (χ0n) is 18.9. The van der Waals surface area contributed by atoms with E-state index in [0.29, 0.717) is 16.5 Å². The topological polar surface area (TPSA) is 35.9 Å². The molecule has 2 heterocycles. The highest BCUT2D eigenvalue weighted by Crippen LogP contribution is 2.39. The van der Waals surface area contributed by atoms with E-state index in [1.165, 1.54) is 63.1 Å². The number of halogens is 1. The molecule has 4 aliphatic rings. The molecule has 2 aliphatic carbocycles. The second-order valence-electron chi connectivity index (χ2n) is 9.68. The largest absolute Gasteiger partial charge is 0.371 e. The first kappa shape index (κ1) is 22.0. The summed E-state index contributed by atoms with van der Waals surface area (Å²) in [6, 6.07) is 5.99. The maximum Gasteiger partial charge on any atom is 0.267 e. The first-order valence-corrected chi connectivity index (χ1v) is 13.4. The molecular formula is C26H34FN3OS. The Morgan fingerprint density at radius 2 is 1.62 bits per heavy atom. The second-order valence-corrected chi connectivity index (χ2v) is 10.7. The van der Waals surface area contributed by atoms with Gasteiger partial charge in [0.05, 0.1) is 10.9 Å². The summed E-state index contributed by atoms with van der Waals surface area (Å²) in [6.45, 7) is 1.98. The fraction of sp³-hybridized carbons (Fsp3) is 0.615. The molecule has 0 bridgehead atoms. The first-order valence-electron chi connectivity index (χ1n) is 12.5. The summed E-state index contributed by atoms with van der Waals surface area (Å²) >= 11 is 1.46. The number of benzene rings is 1. The predicted octanol–water partition coefficient (Wildman–Crippen LogP) is 6.36. The Morgan fingerprint density at radius 3 is 2.31 bits per heavy atom. The number of aliphatic imine (C=N–C) groups is 1. The number of rotatable bonds is 4. The standard InChI is InChI=1S/C26H34FN3OS/c27-23-18-22(29-15-7-8-16-29)14-13-19(23)17-24-25(31)30(21-11-5-2-6-12-21)26(32-24)28-20-9-3-1-4-10-20/h13-14,17-18,20-21H,1-12,15-16H2. The van der Waals surface area contributed by atoms with Crippen LogP contribution in [0.2, 0.25) is 0 Å². The average Bonchev–Trinajstić information content (AvgIpc) is 3.45. The van der Waals surface area contributed by atoms with E-state index >= 15 is 0 Å². The quantitative estimate of drug-likeness (QED) is 0.495. The maximum atomic E-state index is 15.0. The third-order valence-corrected chi connectivity index (χ3v) is 8.38. The van der Waals surface area contributed by atoms with E-state index in [1.807, 2.05) is 17.0 Å². The molecule has 2 saturated carbocycles. The summed E-state index contributed by atoms with van der Waals surface area (Å²) in [5.74, 6) is -0.239. The maximum absolute atomic E-state index is 15.0. The molecule has 0 radical (unpaired) electrons. The Morgan fingerprint density at radius 1 is 0.938 bits per heavy atom. The van der Waals surface area contributed by atoms with Gasteiger partial charge in [0.2, 0.25) is 0 Å². The van der Waals surface area contributed by atoms with Crippen LogP contribution >= 0.6 is 11.8 Å². The number of carbonyl (C=O) groups excluding carboxylic acids is 1. The normalized spacial score (nSPS) is 26.1. The lowest BCUT2D eigenvalue weighted by Crippen LogP contribution is -2.41. The summed E-state index contributed by atoms with van der Waals surface area (Å²) in [4.78, 5) is 23.3. The van der Waals surface area contributed by atoms with Crippen molar-refractivity contribution < 1.29 is 9.18 Å². The van der Waals surface area contributed by atoms with E-state index in [1.54, 1.807) is 12.1 Å². The van der Waals surface area contributed by atoms with Crippen molar-refractivity contribution in [3.63, 3.8) is 0 Å². The van der Waals surface area contributed by atoms with Crippen LogP contribution in [0.25, 0.3) is 6.08 Å². The summed E-state index contributed by atoms with van der Waals surface area (Å²) in [5, 5.41) is 0.856. The van der Waals surface area contributed by atoms with E-state index < -0.39 is 0 Å². The zero-order chi connectivity index (χ0) is 21.9. The molecule has 1 aromatic carbocycles. The number of amides is 1. The van der Waals surface area contributed by atoms with E-state index in [9.17, 15) is 9.18 Å². The van der Waals surface area contributed by atoms with Gasteiger partial charge in [0.15, 0.2) is 5.17 Å². The molecule has 1 amide bonds. The minimum Gasteiger partial charge on any atom is -0.371 e. The fourth-order valence-corrected chi connectivity index (χ4v) is 6.65. The van der Waals surface area contributed by atoms with Crippen molar-refractivity contribution in [2.24, 2.45) is 4.99 Å². The SMILES string of the molecule is O=C1C(=Cc2ccc(N3CCCC3)cc2F)SC(=NC2CCCCC2)N1C1CCCCC1. The van der Waals surface area contributed by atoms with Gasteiger partial charge in [-0.15, -0.1) is 0 Å². The van der Waals surface area contributed by atoms with Crippen LogP contribution in [0.3, 0.4) is 0 Å². The number of anilines is 1. The molecule has 2 aliphatic heterocycles. The smallest absolute Gasteiger partial charge is 0.267 e. The summed E-state index contributed by atoms with van der Waals surface area (Å²) in [7, 11) is 0. The highest BCUT2D eigenvalue weighted by Gasteiger charge is 2.39. The highest BCUT2D eigenvalue weighted by molar-refractivity contribution is 8.18. The molecule has 0 unspecified atom stereocenters. The number of amidine groups is 1. The van der Waals surface area contributed by atoms with Gasteiger partial charge in [-0.05, 0) is 74.6 Å². The number of hydrogen-bond acceptors (Lipinski definition) is 4. The molecule has 0 spiro atoms. The van der Waals surface area contributed by atoms with Gasteiger partial charge in [-0.2, -0.15) is 0 Å². The van der Waals surface area contributed by atoms with Crippen LogP contribution in [0.4, 0.5) is 10.1 Å². The van der Waals surface area contributed by atoms with Gasteiger partial charge in [-0.1, -0.05) is 38.5 Å². The van der Waals surface area contributed by atoms with Crippen molar-refractivity contribution >= 4 is 34.6 Å². The molecule has 5 rings (SSSR count). The zero-order valence-corrected chi connectivity index (χ0v) is 19.7. The number of thioether (sulfide) groups is 1. The lowest BCUT2D eigenvalue weighted by molar-refractivity contribution is -0.124. The van der Waals surface area contributed by atoms with Crippen molar-refractivity contribution in [2.45, 2.75) is 89.1 Å². The molecule has 172 valence electrons. The number of nitrogens with zero attached hydrogens (tertiary/aromatic N) is 3. The molecule has 1 aromatic rings. The Kier molecular flexibility index (Phi) is 6.86. The Hall–Kier alpha value is -1.82. The molecule has 0 N–H and O–H groups in total. The molecule has 2 saturated heterocycles. The van der Waals surface area contributed by atoms with Crippen LogP contribution < -0.4 is 4.90 Å². The van der Waals surface area contributed by atoms with E-state index in [0.717, 1.165) is 49.6 Å². The van der Waals surface area contributed by atoms with Crippen LogP contribution in [0.5, 0.6) is 0 Å². The number of carbonyl (C=O) groups is 1. The molecule has 6 heteroatoms. The van der Waals surface area contributed by atoms with Crippen molar-refractivity contribution in [1.82, 2.24) is 4.90 Å². The van der Waals surface area contributed by atoms with Gasteiger partial charge in [0.1, 0.15) is 5.82 Å². The average molecular weight is 456 g/mol. The minimum atomic E-state index is -0.253. The monoisotopic (exact) mass is 455 g/mol. The summed E-state index contributed by atoms with van der Waals surface area (Å²) < 4.78 is 15.0. The highest BCUT2D eigenvalue weighted by atomic mass is 32.2. The second kappa shape index (κ2) is 9.98. The van der Waals surface area contributed by atoms with Crippen LogP contribution in [-0.4, -0.2) is 41.1 Å². The van der Waals surface area contributed by atoms with Crippen LogP contribution in [0.1, 0.15) is 82.6 Å². The molecule has 4 nitrogen and oxygen atoms in total. The van der Waals surface area contributed by atoms with E-state index in [-0.39, 0.29) is 17.8 Å². The molecule has 0 aromatic heterocycles. The molecule has 0 atom stereocenters. The lowest BCUT2D eigenvalue weighted by Gasteiger charge is -2.31. The van der Waals surface area contributed by atoms with Crippen LogP contribution in [0, 0.1) is 5.82 Å². The molecule has 32 heavy (non-hydrogen) atoms. The first-order chi connectivity index (χ1) is 15.7. The van der Waals surface area contributed by atoms with Crippen molar-refractivity contribution in [1.29, 1.82) is 0 Å². The van der Waals surface area contributed by atoms with Gasteiger partial charge in [-0.25, -0.2) is 4.39 Å². The fourth-order valence-electron chi connectivity index (χ4n) is 5.55. The van der Waals surface area contributed by atoms with E-state index in [4.69, 9.17) is 4.99 Å². The Bertz CT molecular complexity index is 896. The van der Waals surface area contributed by atoms with Crippen LogP contribution in [-0.2, 0) is 4.79 Å². The van der Waals surface area contributed by atoms with Gasteiger partial charge in [0, 0.05) is 30.4 Å². The van der Waals surface area contributed by atoms with Gasteiger partial charge < -0.3 is 4.90 Å². The van der Waals surface area contributed by atoms with E-state index in [2.05, 4.69) is 4.90 Å². The third kappa shape index (κ3) is 4.75. The van der Waals surface area contributed by atoms with Gasteiger partial charge >= 0.3 is 0 Å². The van der Waals surface area contributed by atoms with Gasteiger partial charge in [-0.3, -0.25) is 14.7 Å². The Balaban J connectivity index is 1.41. The summed E-state index contributed by atoms with van der Waals surface area (Å²) in [5.41, 5.74) is 1.43. The van der Waals surface area contributed by atoms with Gasteiger partial charge in [0.25, 0.3) is 5.91 Å². The third-order valence-electron chi connectivity index (χ3n) is 7.39. The van der Waals surface area contributed by atoms with Crippen molar-refractivity contribution in [3.05, 3.63) is 34.5 Å². The minimum absolute atomic E-state index is 0.0134. The summed E-state index contributed by atoms with van der Waals surface area (Å²) in [6.07, 6.45) is 15.7. The van der Waals surface area contributed by atoms with Crippen molar-refractivity contribution in [2.75, 3.05) is 18.0 Å². The molecular weight excluding hydrogens is 421 g/mol. The lowest BCUT2D eigenvalue weighted by atomic mass is 9.94. The Labute approximate surface area is 195 Å². The predicted molar refractivity (Wildman–Crippen MR) is 131 cm³/mol. The van der Waals surface area contributed by atoms with Crippen molar-refractivity contribution in [3.8, 4) is 0 Å².